The Kier molecular flexibility index (Phi) is 2.96. The van der Waals surface area contributed by atoms with Crippen molar-refractivity contribution in [2.45, 2.75) is 0 Å². The van der Waals surface area contributed by atoms with Gasteiger partial charge in [0, 0.05) is 5.69 Å². The van der Waals surface area contributed by atoms with Crippen LogP contribution in [0.4, 0.5) is 5.69 Å². The summed E-state index contributed by atoms with van der Waals surface area (Å²) < 4.78 is 4.97. The maximum absolute atomic E-state index is 8.47. The van der Waals surface area contributed by atoms with E-state index in [1.54, 1.807) is 24.3 Å². The molecule has 0 aliphatic heterocycles. The minimum Gasteiger partial charge on any atom is -0.496 e. The average molecular weight is 167 g/mol. The molecule has 1 aromatic carbocycles. The van der Waals surface area contributed by atoms with Crippen molar-refractivity contribution in [3.8, 4) is 5.75 Å². The molecule has 4 N–H and O–H groups in total. The van der Waals surface area contributed by atoms with E-state index in [4.69, 9.17) is 20.5 Å². The summed E-state index contributed by atoms with van der Waals surface area (Å²) >= 11 is 0. The predicted molar refractivity (Wildman–Crippen MR) is 46.5 cm³/mol. The second-order valence-corrected chi connectivity index (χ2v) is 2.36. The fourth-order valence-electron chi connectivity index (χ4n) is 0.735. The van der Waals surface area contributed by atoms with Gasteiger partial charge in [-0.3, -0.25) is 0 Å². The van der Waals surface area contributed by atoms with Gasteiger partial charge in [0.25, 0.3) is 0 Å². The number of nitrogen functional groups attached to an aromatic ring is 1. The van der Waals surface area contributed by atoms with Gasteiger partial charge in [-0.2, -0.15) is 0 Å². The first kappa shape index (κ1) is 8.90. The molecule has 1 rings (SSSR count). The highest BCUT2D eigenvalue weighted by molar-refractivity contribution is 6.40. The van der Waals surface area contributed by atoms with Gasteiger partial charge in [-0.1, -0.05) is 0 Å². The van der Waals surface area contributed by atoms with Crippen LogP contribution in [0.15, 0.2) is 24.3 Å². The highest BCUT2D eigenvalue weighted by Crippen LogP contribution is 2.12. The molecule has 0 atom stereocenters. The first-order chi connectivity index (χ1) is 5.68. The minimum atomic E-state index is -1.44. The second-order valence-electron chi connectivity index (χ2n) is 2.36. The zero-order chi connectivity index (χ0) is 8.97. The van der Waals surface area contributed by atoms with Crippen LogP contribution < -0.4 is 10.5 Å². The fraction of sp³-hybridized carbons (Fsp3) is 0.143. The third-order valence-corrected chi connectivity index (χ3v) is 1.28. The number of ether oxygens (including phenoxy) is 1. The number of nitrogens with two attached hydrogens (primary N) is 1. The summed E-state index contributed by atoms with van der Waals surface area (Å²) in [5.74, 6) is 0.567. The van der Waals surface area contributed by atoms with E-state index >= 15 is 0 Å². The van der Waals surface area contributed by atoms with E-state index in [1.807, 2.05) is 0 Å². The Bertz CT molecular complexity index is 237. The maximum Gasteiger partial charge on any atom is 0.491 e. The molecular formula is C7H10BNO3. The minimum absolute atomic E-state index is 0.135. The van der Waals surface area contributed by atoms with Crippen LogP contribution >= 0.6 is 0 Å². The molecule has 0 aromatic heterocycles. The first-order valence-electron chi connectivity index (χ1n) is 3.53. The highest BCUT2D eigenvalue weighted by Gasteiger charge is 2.06. The standard InChI is InChI=1S/C7H10BNO3/c9-6-1-3-7(4-2-6)12-5-8(10)11/h1-4,10-11H,5,9H2. The highest BCUT2D eigenvalue weighted by atomic mass is 16.5. The van der Waals surface area contributed by atoms with E-state index in [2.05, 4.69) is 0 Å². The summed E-state index contributed by atoms with van der Waals surface area (Å²) in [5.41, 5.74) is 6.07. The van der Waals surface area contributed by atoms with Crippen LogP contribution in [0.25, 0.3) is 0 Å². The monoisotopic (exact) mass is 167 g/mol. The number of hydrogen-bond donors (Lipinski definition) is 3. The molecule has 1 aromatic rings. The smallest absolute Gasteiger partial charge is 0.491 e. The van der Waals surface area contributed by atoms with Crippen LogP contribution in [0.3, 0.4) is 0 Å². The zero-order valence-corrected chi connectivity index (χ0v) is 6.47. The van der Waals surface area contributed by atoms with Gasteiger partial charge < -0.3 is 20.5 Å². The largest absolute Gasteiger partial charge is 0.496 e. The van der Waals surface area contributed by atoms with Crippen molar-refractivity contribution in [1.29, 1.82) is 0 Å². The number of rotatable bonds is 3. The maximum atomic E-state index is 8.47. The molecule has 0 spiro atoms. The zero-order valence-electron chi connectivity index (χ0n) is 6.47. The Labute approximate surface area is 70.7 Å². The lowest BCUT2D eigenvalue weighted by Crippen LogP contribution is -2.22. The summed E-state index contributed by atoms with van der Waals surface area (Å²) in [4.78, 5) is 0. The third kappa shape index (κ3) is 2.81. The molecule has 0 saturated heterocycles. The quantitative estimate of drug-likeness (QED) is 0.425. The molecule has 0 heterocycles. The van der Waals surface area contributed by atoms with Gasteiger partial charge in [0.2, 0.25) is 0 Å². The second kappa shape index (κ2) is 3.99. The Hall–Kier alpha value is -1.20. The topological polar surface area (TPSA) is 75.7 Å². The van der Waals surface area contributed by atoms with E-state index in [0.29, 0.717) is 11.4 Å². The normalized spacial score (nSPS) is 9.50. The molecule has 5 heteroatoms. The van der Waals surface area contributed by atoms with Crippen molar-refractivity contribution in [3.63, 3.8) is 0 Å². The van der Waals surface area contributed by atoms with Crippen LogP contribution in [0.1, 0.15) is 0 Å². The lowest BCUT2D eigenvalue weighted by atomic mass is 9.95. The molecule has 0 bridgehead atoms. The molecule has 0 aliphatic rings. The van der Waals surface area contributed by atoms with E-state index in [-0.39, 0.29) is 6.51 Å². The molecule has 0 amide bonds. The molecule has 0 aliphatic carbocycles. The molecular weight excluding hydrogens is 157 g/mol. The molecule has 64 valence electrons. The fourth-order valence-corrected chi connectivity index (χ4v) is 0.735. The summed E-state index contributed by atoms with van der Waals surface area (Å²) in [6, 6.07) is 6.69. The number of hydrogen-bond acceptors (Lipinski definition) is 4. The third-order valence-electron chi connectivity index (χ3n) is 1.28. The van der Waals surface area contributed by atoms with Gasteiger partial charge in [-0.15, -0.1) is 0 Å². The van der Waals surface area contributed by atoms with Crippen LogP contribution in [-0.4, -0.2) is 23.7 Å². The van der Waals surface area contributed by atoms with E-state index in [1.165, 1.54) is 0 Å². The predicted octanol–water partition coefficient (Wildman–Crippen LogP) is -0.340. The summed E-state index contributed by atoms with van der Waals surface area (Å²) in [5, 5.41) is 16.9. The number of benzene rings is 1. The van der Waals surface area contributed by atoms with Crippen molar-refractivity contribution >= 4 is 12.8 Å². The van der Waals surface area contributed by atoms with Gasteiger partial charge in [-0.05, 0) is 24.3 Å². The lowest BCUT2D eigenvalue weighted by molar-refractivity contribution is 0.306. The Morgan fingerprint density at radius 3 is 2.33 bits per heavy atom. The van der Waals surface area contributed by atoms with Gasteiger partial charge >= 0.3 is 7.12 Å². The van der Waals surface area contributed by atoms with Crippen LogP contribution in [0, 0.1) is 0 Å². The molecule has 0 fully saturated rings. The molecule has 12 heavy (non-hydrogen) atoms. The first-order valence-corrected chi connectivity index (χ1v) is 3.53. The van der Waals surface area contributed by atoms with Gasteiger partial charge in [0.15, 0.2) is 0 Å². The van der Waals surface area contributed by atoms with E-state index in [9.17, 15) is 0 Å². The summed E-state index contributed by atoms with van der Waals surface area (Å²) in [6.45, 7) is -0.135. The average Bonchev–Trinajstić information content (AvgIpc) is 2.03. The van der Waals surface area contributed by atoms with Gasteiger partial charge in [-0.25, -0.2) is 0 Å². The molecule has 0 radical (unpaired) electrons. The molecule has 0 saturated carbocycles. The molecule has 4 nitrogen and oxygen atoms in total. The van der Waals surface area contributed by atoms with Gasteiger partial charge in [0.05, 0.1) is 0 Å². The summed E-state index contributed by atoms with van der Waals surface area (Å²) in [7, 11) is -1.44. The van der Waals surface area contributed by atoms with Crippen LogP contribution in [0.2, 0.25) is 0 Å². The Morgan fingerprint density at radius 2 is 1.83 bits per heavy atom. The molecule has 0 unspecified atom stereocenters. The van der Waals surface area contributed by atoms with Crippen molar-refractivity contribution in [2.24, 2.45) is 0 Å². The van der Waals surface area contributed by atoms with Crippen LogP contribution in [-0.2, 0) is 0 Å². The van der Waals surface area contributed by atoms with E-state index < -0.39 is 7.12 Å². The van der Waals surface area contributed by atoms with Crippen molar-refractivity contribution < 1.29 is 14.8 Å². The SMILES string of the molecule is Nc1ccc(OCB(O)O)cc1. The Morgan fingerprint density at radius 1 is 1.25 bits per heavy atom. The van der Waals surface area contributed by atoms with Gasteiger partial charge in [0.1, 0.15) is 12.3 Å². The Balaban J connectivity index is 2.48. The lowest BCUT2D eigenvalue weighted by Gasteiger charge is -2.04. The van der Waals surface area contributed by atoms with Crippen LogP contribution in [0.5, 0.6) is 5.75 Å². The number of anilines is 1. The summed E-state index contributed by atoms with van der Waals surface area (Å²) in [6.07, 6.45) is 0. The van der Waals surface area contributed by atoms with E-state index in [0.717, 1.165) is 0 Å². The van der Waals surface area contributed by atoms with Crippen molar-refractivity contribution in [3.05, 3.63) is 24.3 Å². The van der Waals surface area contributed by atoms with Crippen molar-refractivity contribution in [2.75, 3.05) is 12.2 Å². The van der Waals surface area contributed by atoms with Crippen molar-refractivity contribution in [1.82, 2.24) is 0 Å².